The van der Waals surface area contributed by atoms with Gasteiger partial charge in [0.1, 0.15) is 6.10 Å². The Morgan fingerprint density at radius 3 is 2.28 bits per heavy atom. The van der Waals surface area contributed by atoms with E-state index in [0.29, 0.717) is 6.42 Å². The lowest BCUT2D eigenvalue weighted by atomic mass is 10.0. The maximum Gasteiger partial charge on any atom is 0.334 e. The van der Waals surface area contributed by atoms with Crippen LogP contribution in [0.3, 0.4) is 0 Å². The smallest absolute Gasteiger partial charge is 0.334 e. The van der Waals surface area contributed by atoms with E-state index in [4.69, 9.17) is 18.5 Å². The number of rotatable bonds is 14. The molecule has 2 unspecified atom stereocenters. The third kappa shape index (κ3) is 6.20. The summed E-state index contributed by atoms with van der Waals surface area (Å²) >= 11 is 0. The van der Waals surface area contributed by atoms with Crippen molar-refractivity contribution in [1.82, 2.24) is 14.2 Å². The summed E-state index contributed by atoms with van der Waals surface area (Å²) in [5.74, 6) is -0.294. The maximum absolute atomic E-state index is 14.8. The van der Waals surface area contributed by atoms with Gasteiger partial charge in [-0.15, -0.1) is 0 Å². The molecule has 0 amide bonds. The summed E-state index contributed by atoms with van der Waals surface area (Å²) in [7, 11) is -5.10. The Kier molecular flexibility index (Phi) is 10.6. The van der Waals surface area contributed by atoms with E-state index in [1.54, 1.807) is 13.8 Å². The predicted molar refractivity (Wildman–Crippen MR) is 147 cm³/mol. The van der Waals surface area contributed by atoms with E-state index < -0.39 is 56.3 Å². The van der Waals surface area contributed by atoms with Crippen LogP contribution in [0.2, 0.25) is 0 Å². The van der Waals surface area contributed by atoms with Crippen molar-refractivity contribution < 1.29 is 27.7 Å². The van der Waals surface area contributed by atoms with Gasteiger partial charge in [-0.2, -0.15) is 5.26 Å². The molecule has 39 heavy (non-hydrogen) atoms. The normalized spacial score (nSPS) is 27.4. The van der Waals surface area contributed by atoms with Gasteiger partial charge >= 0.3 is 13.3 Å². The SMILES string of the molecule is CCOP(=O)(OCC)C1CC1[C@H]1O[C@@H](n2ccc(=O)[nH]c2=O)[C@H](OC)[C@@H]1N(CCC#N)P(=O)(C(C)C)C(C)C. The van der Waals surface area contributed by atoms with E-state index in [1.807, 2.05) is 32.4 Å². The quantitative estimate of drug-likeness (QED) is 0.318. The summed E-state index contributed by atoms with van der Waals surface area (Å²) in [5.41, 5.74) is -2.14. The van der Waals surface area contributed by atoms with Gasteiger partial charge in [-0.1, -0.05) is 27.7 Å². The zero-order valence-corrected chi connectivity index (χ0v) is 25.6. The van der Waals surface area contributed by atoms with Gasteiger partial charge in [0.15, 0.2) is 13.5 Å². The van der Waals surface area contributed by atoms with E-state index >= 15 is 0 Å². The van der Waals surface area contributed by atoms with Gasteiger partial charge in [0, 0.05) is 49.6 Å². The van der Waals surface area contributed by atoms with Crippen LogP contribution in [0.1, 0.15) is 60.6 Å². The number of hydrogen-bond acceptors (Lipinski definition) is 9. The lowest BCUT2D eigenvalue weighted by molar-refractivity contribution is -0.0569. The molecule has 0 radical (unpaired) electrons. The van der Waals surface area contributed by atoms with Gasteiger partial charge in [0.05, 0.1) is 37.1 Å². The second-order valence-electron chi connectivity index (χ2n) is 10.5. The average molecular weight is 589 g/mol. The third-order valence-electron chi connectivity index (χ3n) is 7.58. The van der Waals surface area contributed by atoms with Crippen molar-refractivity contribution in [3.63, 3.8) is 0 Å². The molecule has 0 aromatic carbocycles. The number of aromatic amines is 1. The summed E-state index contributed by atoms with van der Waals surface area (Å²) < 4.78 is 55.3. The molecule has 220 valence electrons. The fourth-order valence-electron chi connectivity index (χ4n) is 5.85. The van der Waals surface area contributed by atoms with Crippen molar-refractivity contribution in [2.75, 3.05) is 26.9 Å². The molecule has 2 heterocycles. The van der Waals surface area contributed by atoms with Crippen molar-refractivity contribution in [3.05, 3.63) is 33.1 Å². The molecule has 1 N–H and O–H groups in total. The minimum absolute atomic E-state index is 0.122. The van der Waals surface area contributed by atoms with Crippen molar-refractivity contribution in [2.24, 2.45) is 5.92 Å². The van der Waals surface area contributed by atoms with E-state index in [2.05, 4.69) is 11.1 Å². The third-order valence-corrected chi connectivity index (χ3v) is 14.4. The Hall–Kier alpha value is -1.57. The lowest BCUT2D eigenvalue weighted by Gasteiger charge is -2.43. The van der Waals surface area contributed by atoms with Crippen LogP contribution in [0.15, 0.2) is 21.9 Å². The van der Waals surface area contributed by atoms with Crippen molar-refractivity contribution >= 4 is 14.9 Å². The average Bonchev–Trinajstić information content (AvgIpc) is 3.60. The molecule has 2 fully saturated rings. The molecule has 1 saturated heterocycles. The zero-order chi connectivity index (χ0) is 29.1. The summed E-state index contributed by atoms with van der Waals surface area (Å²) in [5, 5.41) is 9.49. The number of nitrogens with zero attached hydrogens (tertiary/aromatic N) is 3. The summed E-state index contributed by atoms with van der Waals surface area (Å²) in [4.78, 5) is 26.8. The van der Waals surface area contributed by atoms with Crippen LogP contribution in [0, 0.1) is 17.2 Å². The Balaban J connectivity index is 2.17. The van der Waals surface area contributed by atoms with E-state index in [1.165, 1.54) is 23.9 Å². The van der Waals surface area contributed by atoms with Crippen LogP contribution in [0.4, 0.5) is 0 Å². The minimum Gasteiger partial charge on any atom is -0.375 e. The first-order valence-corrected chi connectivity index (χ1v) is 16.9. The van der Waals surface area contributed by atoms with Crippen LogP contribution in [-0.2, 0) is 27.7 Å². The molecule has 14 heteroatoms. The maximum atomic E-state index is 14.8. The molecule has 1 saturated carbocycles. The van der Waals surface area contributed by atoms with Gasteiger partial charge in [0.2, 0.25) is 0 Å². The molecule has 6 atom stereocenters. The Bertz CT molecular complexity index is 1220. The van der Waals surface area contributed by atoms with Gasteiger partial charge < -0.3 is 23.1 Å². The highest BCUT2D eigenvalue weighted by atomic mass is 31.2. The second-order valence-corrected chi connectivity index (χ2v) is 16.7. The standard InChI is InChI=1S/C25H42N4O8P2/c1-8-35-39(33,36-9-2)19-15-18(19)22-21(29(13-10-12-26)38(32,16(3)4)17(5)6)23(34-7)24(37-22)28-14-11-20(30)27-25(28)31/h11,14,16-19,21-24H,8-10,13,15H2,1-7H3,(H,27,30,31)/t18?,19?,21-,22-,23-,24-/m1/s1. The van der Waals surface area contributed by atoms with Crippen LogP contribution >= 0.6 is 14.9 Å². The van der Waals surface area contributed by atoms with Gasteiger partial charge in [-0.3, -0.25) is 18.9 Å². The first-order valence-electron chi connectivity index (χ1n) is 13.5. The monoisotopic (exact) mass is 588 g/mol. The van der Waals surface area contributed by atoms with E-state index in [0.717, 1.165) is 0 Å². The van der Waals surface area contributed by atoms with E-state index in [9.17, 15) is 24.0 Å². The fourth-order valence-corrected chi connectivity index (χ4v) is 11.6. The highest BCUT2D eigenvalue weighted by Crippen LogP contribution is 2.69. The molecule has 12 nitrogen and oxygen atoms in total. The van der Waals surface area contributed by atoms with Gasteiger partial charge in [-0.25, -0.2) is 9.46 Å². The largest absolute Gasteiger partial charge is 0.375 e. The summed E-state index contributed by atoms with van der Waals surface area (Å²) in [6.07, 6.45) is -0.465. The van der Waals surface area contributed by atoms with Crippen molar-refractivity contribution in [2.45, 2.75) is 95.8 Å². The molecule has 2 aliphatic rings. The number of aromatic nitrogens is 2. The Morgan fingerprint density at radius 2 is 1.79 bits per heavy atom. The Labute approximate surface area is 229 Å². The number of nitriles is 1. The van der Waals surface area contributed by atoms with Crippen molar-refractivity contribution in [1.29, 1.82) is 5.26 Å². The first-order chi connectivity index (χ1) is 18.4. The number of ether oxygens (including phenoxy) is 2. The minimum atomic E-state index is -3.46. The van der Waals surface area contributed by atoms with Gasteiger partial charge in [0.25, 0.3) is 5.56 Å². The number of H-pyrrole nitrogens is 1. The van der Waals surface area contributed by atoms with Crippen LogP contribution in [0.5, 0.6) is 0 Å². The van der Waals surface area contributed by atoms with Crippen LogP contribution < -0.4 is 11.2 Å². The van der Waals surface area contributed by atoms with E-state index in [-0.39, 0.29) is 43.4 Å². The molecule has 0 spiro atoms. The summed E-state index contributed by atoms with van der Waals surface area (Å²) in [6, 6.07) is 2.74. The molecule has 1 aliphatic heterocycles. The van der Waals surface area contributed by atoms with Crippen LogP contribution in [-0.4, -0.2) is 76.3 Å². The molecule has 0 bridgehead atoms. The molecule has 1 aliphatic carbocycles. The molecule has 1 aromatic heterocycles. The Morgan fingerprint density at radius 1 is 1.18 bits per heavy atom. The highest BCUT2D eigenvalue weighted by molar-refractivity contribution is 7.62. The number of hydrogen-bond donors (Lipinski definition) is 1. The van der Waals surface area contributed by atoms with Crippen molar-refractivity contribution in [3.8, 4) is 6.07 Å². The number of methoxy groups -OCH3 is 1. The predicted octanol–water partition coefficient (Wildman–Crippen LogP) is 3.78. The fraction of sp³-hybridized carbons (Fsp3) is 0.800. The first kappa shape index (κ1) is 32.0. The molecule has 3 rings (SSSR count). The topological polar surface area (TPSA) is 153 Å². The van der Waals surface area contributed by atoms with Crippen LogP contribution in [0.25, 0.3) is 0 Å². The number of nitrogens with one attached hydrogen (secondary N) is 1. The van der Waals surface area contributed by atoms with Gasteiger partial charge in [-0.05, 0) is 20.3 Å². The molecular formula is C25H42N4O8P2. The molecular weight excluding hydrogens is 546 g/mol. The summed E-state index contributed by atoms with van der Waals surface area (Å²) in [6.45, 7) is 11.7. The zero-order valence-electron chi connectivity index (χ0n) is 23.8. The second kappa shape index (κ2) is 12.9. The highest BCUT2D eigenvalue weighted by Gasteiger charge is 2.64. The lowest BCUT2D eigenvalue weighted by Crippen LogP contribution is -2.50. The molecule has 1 aromatic rings.